The van der Waals surface area contributed by atoms with Gasteiger partial charge in [-0.2, -0.15) is 0 Å². The molecule has 1 aliphatic rings. The molecule has 0 aliphatic carbocycles. The van der Waals surface area contributed by atoms with Gasteiger partial charge in [-0.25, -0.2) is 4.79 Å². The lowest BCUT2D eigenvalue weighted by Gasteiger charge is -2.30. The Labute approximate surface area is 123 Å². The molecule has 1 aromatic heterocycles. The normalized spacial score (nSPS) is 19.2. The zero-order chi connectivity index (χ0) is 15.6. The standard InChI is InChI=1S/C15H21N3O3/c1-11-5-4-8-18(9-11)13(19)7-6-12-10-16(2)15(21)17(3)14(12)20/h6-7,10-11H,4-5,8-9H2,1-3H3. The van der Waals surface area contributed by atoms with Gasteiger partial charge in [0, 0.05) is 39.5 Å². The zero-order valence-electron chi connectivity index (χ0n) is 12.7. The van der Waals surface area contributed by atoms with Crippen LogP contribution in [0.1, 0.15) is 25.3 Å². The molecule has 21 heavy (non-hydrogen) atoms. The first-order valence-electron chi connectivity index (χ1n) is 7.14. The van der Waals surface area contributed by atoms with Crippen molar-refractivity contribution in [1.29, 1.82) is 0 Å². The number of carbonyl (C=O) groups excluding carboxylic acids is 1. The summed E-state index contributed by atoms with van der Waals surface area (Å²) >= 11 is 0. The van der Waals surface area contributed by atoms with Crippen molar-refractivity contribution in [2.75, 3.05) is 13.1 Å². The van der Waals surface area contributed by atoms with E-state index < -0.39 is 5.56 Å². The maximum Gasteiger partial charge on any atom is 0.330 e. The van der Waals surface area contributed by atoms with Crippen LogP contribution in [0.5, 0.6) is 0 Å². The van der Waals surface area contributed by atoms with Gasteiger partial charge in [0.05, 0.1) is 5.56 Å². The molecule has 1 saturated heterocycles. The van der Waals surface area contributed by atoms with E-state index in [1.165, 1.54) is 30.0 Å². The molecule has 2 rings (SSSR count). The smallest absolute Gasteiger partial charge is 0.330 e. The maximum atomic E-state index is 12.1. The Morgan fingerprint density at radius 3 is 2.71 bits per heavy atom. The lowest BCUT2D eigenvalue weighted by Crippen LogP contribution is -2.38. The summed E-state index contributed by atoms with van der Waals surface area (Å²) in [5.41, 5.74) is -0.444. The van der Waals surface area contributed by atoms with Crippen LogP contribution in [0.15, 0.2) is 21.9 Å². The van der Waals surface area contributed by atoms with Crippen molar-refractivity contribution >= 4 is 12.0 Å². The highest BCUT2D eigenvalue weighted by molar-refractivity contribution is 5.91. The molecule has 0 spiro atoms. The van der Waals surface area contributed by atoms with Crippen molar-refractivity contribution in [3.05, 3.63) is 38.7 Å². The molecule has 0 bridgehead atoms. The quantitative estimate of drug-likeness (QED) is 0.739. The molecule has 2 heterocycles. The second-order valence-electron chi connectivity index (χ2n) is 5.71. The van der Waals surface area contributed by atoms with Gasteiger partial charge in [0.15, 0.2) is 0 Å². The fourth-order valence-corrected chi connectivity index (χ4v) is 2.61. The lowest BCUT2D eigenvalue weighted by atomic mass is 10.0. The van der Waals surface area contributed by atoms with Crippen LogP contribution in [0.2, 0.25) is 0 Å². The summed E-state index contributed by atoms with van der Waals surface area (Å²) in [4.78, 5) is 37.5. The highest BCUT2D eigenvalue weighted by Gasteiger charge is 2.19. The van der Waals surface area contributed by atoms with E-state index in [1.54, 1.807) is 11.9 Å². The summed E-state index contributed by atoms with van der Waals surface area (Å²) in [6.45, 7) is 3.65. The molecule has 6 heteroatoms. The molecule has 1 unspecified atom stereocenters. The number of amides is 1. The number of aryl methyl sites for hydroxylation is 1. The zero-order valence-corrected chi connectivity index (χ0v) is 12.7. The first-order chi connectivity index (χ1) is 9.90. The number of piperidine rings is 1. The van der Waals surface area contributed by atoms with Crippen LogP contribution in [-0.2, 0) is 18.9 Å². The molecule has 0 radical (unpaired) electrons. The summed E-state index contributed by atoms with van der Waals surface area (Å²) < 4.78 is 2.36. The third kappa shape index (κ3) is 3.32. The summed E-state index contributed by atoms with van der Waals surface area (Å²) in [5, 5.41) is 0. The minimum Gasteiger partial charge on any atom is -0.339 e. The van der Waals surface area contributed by atoms with Gasteiger partial charge >= 0.3 is 5.69 Å². The molecule has 6 nitrogen and oxygen atoms in total. The third-order valence-corrected chi connectivity index (χ3v) is 3.85. The molecule has 1 fully saturated rings. The van der Waals surface area contributed by atoms with Crippen LogP contribution in [0, 0.1) is 5.92 Å². The number of hydrogen-bond acceptors (Lipinski definition) is 3. The van der Waals surface area contributed by atoms with Crippen molar-refractivity contribution in [3.8, 4) is 0 Å². The van der Waals surface area contributed by atoms with Crippen molar-refractivity contribution in [2.24, 2.45) is 20.0 Å². The van der Waals surface area contributed by atoms with Crippen molar-refractivity contribution in [1.82, 2.24) is 14.0 Å². The van der Waals surface area contributed by atoms with Gasteiger partial charge in [-0.15, -0.1) is 0 Å². The number of nitrogens with zero attached hydrogens (tertiary/aromatic N) is 3. The van der Waals surface area contributed by atoms with Gasteiger partial charge in [-0.05, 0) is 24.8 Å². The number of aromatic nitrogens is 2. The van der Waals surface area contributed by atoms with Gasteiger partial charge in [-0.1, -0.05) is 6.92 Å². The Hall–Kier alpha value is -2.11. The number of carbonyl (C=O) groups is 1. The van der Waals surface area contributed by atoms with Crippen LogP contribution in [0.4, 0.5) is 0 Å². The van der Waals surface area contributed by atoms with Crippen molar-refractivity contribution < 1.29 is 4.79 Å². The van der Waals surface area contributed by atoms with Gasteiger partial charge < -0.3 is 9.47 Å². The van der Waals surface area contributed by atoms with E-state index in [0.29, 0.717) is 11.5 Å². The molecular weight excluding hydrogens is 270 g/mol. The summed E-state index contributed by atoms with van der Waals surface area (Å²) in [5.74, 6) is 0.430. The summed E-state index contributed by atoms with van der Waals surface area (Å²) in [6.07, 6.45) is 6.52. The fourth-order valence-electron chi connectivity index (χ4n) is 2.61. The van der Waals surface area contributed by atoms with Crippen molar-refractivity contribution in [2.45, 2.75) is 19.8 Å². The number of hydrogen-bond donors (Lipinski definition) is 0. The first-order valence-corrected chi connectivity index (χ1v) is 7.14. The van der Waals surface area contributed by atoms with E-state index >= 15 is 0 Å². The van der Waals surface area contributed by atoms with Crippen LogP contribution < -0.4 is 11.2 Å². The monoisotopic (exact) mass is 291 g/mol. The molecule has 1 aliphatic heterocycles. The van der Waals surface area contributed by atoms with E-state index in [0.717, 1.165) is 30.5 Å². The van der Waals surface area contributed by atoms with E-state index in [-0.39, 0.29) is 11.6 Å². The molecule has 1 amide bonds. The second kappa shape index (κ2) is 6.11. The van der Waals surface area contributed by atoms with Gasteiger partial charge in [-0.3, -0.25) is 14.2 Å². The Kier molecular flexibility index (Phi) is 4.45. The molecule has 1 atom stereocenters. The molecule has 0 N–H and O–H groups in total. The van der Waals surface area contributed by atoms with Crippen LogP contribution in [0.3, 0.4) is 0 Å². The average Bonchev–Trinajstić information content (AvgIpc) is 2.47. The Bertz CT molecular complexity index is 684. The Balaban J connectivity index is 2.20. The molecule has 114 valence electrons. The largest absolute Gasteiger partial charge is 0.339 e. The van der Waals surface area contributed by atoms with Gasteiger partial charge in [0.2, 0.25) is 5.91 Å². The van der Waals surface area contributed by atoms with E-state index in [2.05, 4.69) is 6.92 Å². The van der Waals surface area contributed by atoms with Crippen LogP contribution in [0.25, 0.3) is 6.08 Å². The van der Waals surface area contributed by atoms with Gasteiger partial charge in [0.1, 0.15) is 0 Å². The summed E-state index contributed by atoms with van der Waals surface area (Å²) in [6, 6.07) is 0. The van der Waals surface area contributed by atoms with E-state index in [1.807, 2.05) is 0 Å². The van der Waals surface area contributed by atoms with Crippen LogP contribution in [-0.4, -0.2) is 33.0 Å². The molecule has 1 aromatic rings. The minimum absolute atomic E-state index is 0.0857. The minimum atomic E-state index is -0.394. The Morgan fingerprint density at radius 2 is 2.05 bits per heavy atom. The highest BCUT2D eigenvalue weighted by Crippen LogP contribution is 2.15. The average molecular weight is 291 g/mol. The summed E-state index contributed by atoms with van der Waals surface area (Å²) in [7, 11) is 3.00. The number of rotatable bonds is 2. The Morgan fingerprint density at radius 1 is 1.33 bits per heavy atom. The molecular formula is C15H21N3O3. The molecule has 0 aromatic carbocycles. The lowest BCUT2D eigenvalue weighted by molar-refractivity contribution is -0.127. The van der Waals surface area contributed by atoms with Crippen LogP contribution >= 0.6 is 0 Å². The highest BCUT2D eigenvalue weighted by atomic mass is 16.2. The van der Waals surface area contributed by atoms with E-state index in [4.69, 9.17) is 0 Å². The fraction of sp³-hybridized carbons (Fsp3) is 0.533. The van der Waals surface area contributed by atoms with Crippen molar-refractivity contribution in [3.63, 3.8) is 0 Å². The predicted octanol–water partition coefficient (Wildman–Crippen LogP) is 0.356. The second-order valence-corrected chi connectivity index (χ2v) is 5.71. The molecule has 0 saturated carbocycles. The third-order valence-electron chi connectivity index (χ3n) is 3.85. The topological polar surface area (TPSA) is 64.3 Å². The SMILES string of the molecule is CC1CCCN(C(=O)C=Cc2cn(C)c(=O)n(C)c2=O)C1. The van der Waals surface area contributed by atoms with Gasteiger partial charge in [0.25, 0.3) is 5.56 Å². The maximum absolute atomic E-state index is 12.1. The van der Waals surface area contributed by atoms with E-state index in [9.17, 15) is 14.4 Å². The first kappa shape index (κ1) is 15.3. The predicted molar refractivity (Wildman–Crippen MR) is 80.9 cm³/mol. The number of likely N-dealkylation sites (tertiary alicyclic amines) is 1.